The highest BCUT2D eigenvalue weighted by molar-refractivity contribution is 9.10. The fraction of sp³-hybridized carbons (Fsp3) is 0. The van der Waals surface area contributed by atoms with Crippen LogP contribution < -0.4 is 11.1 Å². The second-order valence-electron chi connectivity index (χ2n) is 4.45. The number of rotatable bonds is 3. The molecule has 0 aliphatic rings. The number of nitrogens with zero attached hydrogens (tertiary/aromatic N) is 2. The maximum atomic E-state index is 5.56. The molecule has 2 aromatic heterocycles. The van der Waals surface area contributed by atoms with E-state index < -0.39 is 0 Å². The zero-order chi connectivity index (χ0) is 14.8. The molecule has 0 unspecified atom stereocenters. The molecule has 0 saturated heterocycles. The predicted molar refractivity (Wildman–Crippen MR) is 92.9 cm³/mol. The van der Waals surface area contributed by atoms with Crippen LogP contribution in [0.3, 0.4) is 0 Å². The molecular formula is C15H11BrN4S. The van der Waals surface area contributed by atoms with Crippen molar-refractivity contribution in [2.45, 2.75) is 0 Å². The van der Waals surface area contributed by atoms with E-state index in [0.29, 0.717) is 10.8 Å². The summed E-state index contributed by atoms with van der Waals surface area (Å²) in [5, 5.41) is 4.31. The number of fused-ring (bicyclic) bond motifs is 1. The van der Waals surface area contributed by atoms with Gasteiger partial charge in [0, 0.05) is 27.8 Å². The van der Waals surface area contributed by atoms with Crippen LogP contribution in [-0.4, -0.2) is 15.0 Å². The Kier molecular flexibility index (Phi) is 3.81. The molecular weight excluding hydrogens is 348 g/mol. The summed E-state index contributed by atoms with van der Waals surface area (Å²) in [7, 11) is 0. The Morgan fingerprint density at radius 2 is 2.00 bits per heavy atom. The number of halogens is 1. The molecule has 4 nitrogen and oxygen atoms in total. The van der Waals surface area contributed by atoms with E-state index in [0.717, 1.165) is 26.6 Å². The molecule has 3 N–H and O–H groups in total. The number of hydrogen-bond acceptors (Lipinski definition) is 4. The molecule has 0 bridgehead atoms. The first-order valence-electron chi connectivity index (χ1n) is 6.20. The molecule has 0 fully saturated rings. The summed E-state index contributed by atoms with van der Waals surface area (Å²) in [4.78, 5) is 9.09. The van der Waals surface area contributed by atoms with Gasteiger partial charge < -0.3 is 11.1 Å². The van der Waals surface area contributed by atoms with Gasteiger partial charge in [-0.2, -0.15) is 0 Å². The fourth-order valence-corrected chi connectivity index (χ4v) is 2.46. The highest BCUT2D eigenvalue weighted by Crippen LogP contribution is 2.26. The molecule has 104 valence electrons. The third-order valence-electron chi connectivity index (χ3n) is 2.99. The predicted octanol–water partition coefficient (Wildman–Crippen LogP) is 3.77. The molecule has 6 heteroatoms. The maximum absolute atomic E-state index is 5.56. The lowest BCUT2D eigenvalue weighted by Crippen LogP contribution is -2.09. The van der Waals surface area contributed by atoms with Gasteiger partial charge in [0.2, 0.25) is 0 Å². The number of thiocarbonyl (C=S) groups is 1. The number of benzene rings is 1. The minimum Gasteiger partial charge on any atom is -0.389 e. The summed E-state index contributed by atoms with van der Waals surface area (Å²) in [5.41, 5.74) is 8.10. The van der Waals surface area contributed by atoms with Crippen molar-refractivity contribution in [1.29, 1.82) is 0 Å². The van der Waals surface area contributed by atoms with Crippen molar-refractivity contribution in [3.8, 4) is 0 Å². The largest absolute Gasteiger partial charge is 0.389 e. The molecule has 21 heavy (non-hydrogen) atoms. The number of anilines is 2. The lowest BCUT2D eigenvalue weighted by molar-refractivity contribution is 1.29. The molecule has 3 aromatic rings. The van der Waals surface area contributed by atoms with Crippen molar-refractivity contribution in [3.63, 3.8) is 0 Å². The average Bonchev–Trinajstić information content (AvgIpc) is 2.47. The number of nitrogens with two attached hydrogens (primary N) is 1. The highest BCUT2D eigenvalue weighted by atomic mass is 79.9. The van der Waals surface area contributed by atoms with Crippen LogP contribution in [0.25, 0.3) is 10.9 Å². The SMILES string of the molecule is NC(=S)c1ccc(Nc2cccc3cc(Br)cnc23)nc1. The van der Waals surface area contributed by atoms with Crippen LogP contribution in [0, 0.1) is 0 Å². The van der Waals surface area contributed by atoms with Crippen molar-refractivity contribution in [2.75, 3.05) is 5.32 Å². The number of hydrogen-bond donors (Lipinski definition) is 2. The number of aromatic nitrogens is 2. The smallest absolute Gasteiger partial charge is 0.130 e. The number of nitrogens with one attached hydrogen (secondary N) is 1. The van der Waals surface area contributed by atoms with E-state index in [1.807, 2.05) is 36.4 Å². The van der Waals surface area contributed by atoms with Crippen molar-refractivity contribution >= 4 is 55.5 Å². The molecule has 0 atom stereocenters. The van der Waals surface area contributed by atoms with Gasteiger partial charge in [0.1, 0.15) is 10.8 Å². The van der Waals surface area contributed by atoms with Gasteiger partial charge in [0.15, 0.2) is 0 Å². The van der Waals surface area contributed by atoms with Crippen molar-refractivity contribution in [3.05, 3.63) is 58.8 Å². The van der Waals surface area contributed by atoms with Crippen LogP contribution in [0.4, 0.5) is 11.5 Å². The molecule has 2 heterocycles. The van der Waals surface area contributed by atoms with Gasteiger partial charge in [0.05, 0.1) is 11.2 Å². The fourth-order valence-electron chi connectivity index (χ4n) is 1.99. The lowest BCUT2D eigenvalue weighted by atomic mass is 10.2. The van der Waals surface area contributed by atoms with Crippen molar-refractivity contribution in [1.82, 2.24) is 9.97 Å². The zero-order valence-electron chi connectivity index (χ0n) is 10.9. The van der Waals surface area contributed by atoms with Crippen LogP contribution in [0.5, 0.6) is 0 Å². The molecule has 0 amide bonds. The van der Waals surface area contributed by atoms with Gasteiger partial charge in [-0.25, -0.2) is 4.98 Å². The van der Waals surface area contributed by atoms with Crippen molar-refractivity contribution < 1.29 is 0 Å². The minimum absolute atomic E-state index is 0.339. The van der Waals surface area contributed by atoms with Crippen LogP contribution in [0.2, 0.25) is 0 Å². The Morgan fingerprint density at radius 1 is 1.14 bits per heavy atom. The second-order valence-corrected chi connectivity index (χ2v) is 5.81. The van der Waals surface area contributed by atoms with E-state index in [2.05, 4.69) is 31.2 Å². The van der Waals surface area contributed by atoms with E-state index in [-0.39, 0.29) is 0 Å². The Bertz CT molecular complexity index is 818. The van der Waals surface area contributed by atoms with E-state index in [9.17, 15) is 0 Å². The third kappa shape index (κ3) is 3.01. The molecule has 1 aromatic carbocycles. The third-order valence-corrected chi connectivity index (χ3v) is 3.66. The summed E-state index contributed by atoms with van der Waals surface area (Å²) in [6, 6.07) is 11.7. The van der Waals surface area contributed by atoms with E-state index in [1.54, 1.807) is 12.4 Å². The summed E-state index contributed by atoms with van der Waals surface area (Å²) in [6.45, 7) is 0. The maximum Gasteiger partial charge on any atom is 0.130 e. The van der Waals surface area contributed by atoms with Crippen LogP contribution >= 0.6 is 28.1 Å². The summed E-state index contributed by atoms with van der Waals surface area (Å²) >= 11 is 8.34. The van der Waals surface area contributed by atoms with Crippen LogP contribution in [-0.2, 0) is 0 Å². The lowest BCUT2D eigenvalue weighted by Gasteiger charge is -2.09. The Hall–Kier alpha value is -2.05. The monoisotopic (exact) mass is 358 g/mol. The number of para-hydroxylation sites is 1. The highest BCUT2D eigenvalue weighted by Gasteiger charge is 2.04. The molecule has 0 radical (unpaired) electrons. The zero-order valence-corrected chi connectivity index (χ0v) is 13.3. The Morgan fingerprint density at radius 3 is 2.71 bits per heavy atom. The van der Waals surface area contributed by atoms with E-state index in [4.69, 9.17) is 18.0 Å². The summed E-state index contributed by atoms with van der Waals surface area (Å²) in [5.74, 6) is 0.715. The topological polar surface area (TPSA) is 63.8 Å². The van der Waals surface area contributed by atoms with Gasteiger partial charge in [-0.15, -0.1) is 0 Å². The van der Waals surface area contributed by atoms with Crippen molar-refractivity contribution in [2.24, 2.45) is 5.73 Å². The summed E-state index contributed by atoms with van der Waals surface area (Å²) in [6.07, 6.45) is 3.43. The van der Waals surface area contributed by atoms with Gasteiger partial charge in [-0.3, -0.25) is 4.98 Å². The first-order valence-corrected chi connectivity index (χ1v) is 7.41. The van der Waals surface area contributed by atoms with Gasteiger partial charge in [-0.05, 0) is 40.2 Å². The number of pyridine rings is 2. The van der Waals surface area contributed by atoms with Gasteiger partial charge in [-0.1, -0.05) is 24.4 Å². The molecule has 0 aliphatic heterocycles. The molecule has 0 saturated carbocycles. The van der Waals surface area contributed by atoms with Gasteiger partial charge in [0.25, 0.3) is 0 Å². The van der Waals surface area contributed by atoms with Crippen LogP contribution in [0.15, 0.2) is 53.3 Å². The molecule has 0 aliphatic carbocycles. The standard InChI is InChI=1S/C15H11BrN4S/c16-11-6-9-2-1-3-12(14(9)19-8-11)20-13-5-4-10(7-18-13)15(17)21/h1-8H,(H2,17,21)(H,18,20). The Labute approximate surface area is 135 Å². The second kappa shape index (κ2) is 5.75. The average molecular weight is 359 g/mol. The minimum atomic E-state index is 0.339. The first-order chi connectivity index (χ1) is 10.1. The van der Waals surface area contributed by atoms with Gasteiger partial charge >= 0.3 is 0 Å². The quantitative estimate of drug-likeness (QED) is 0.697. The first kappa shape index (κ1) is 13.9. The van der Waals surface area contributed by atoms with Crippen LogP contribution in [0.1, 0.15) is 5.56 Å². The molecule has 3 rings (SSSR count). The summed E-state index contributed by atoms with van der Waals surface area (Å²) < 4.78 is 0.950. The molecule has 0 spiro atoms. The normalized spacial score (nSPS) is 10.5. The van der Waals surface area contributed by atoms with E-state index >= 15 is 0 Å². The Balaban J connectivity index is 1.96. The van der Waals surface area contributed by atoms with E-state index in [1.165, 1.54) is 0 Å².